The molecule has 1 amide bonds. The van der Waals surface area contributed by atoms with Gasteiger partial charge in [-0.05, 0) is 24.3 Å². The minimum atomic E-state index is -1.50. The maximum Gasteiger partial charge on any atom is 0.273 e. The number of primary amides is 1. The molecule has 0 radical (unpaired) electrons. The first kappa shape index (κ1) is 19.4. The summed E-state index contributed by atoms with van der Waals surface area (Å²) in [4.78, 5) is 22.5. The molecule has 7 nitrogen and oxygen atoms in total. The molecule has 0 aliphatic heterocycles. The van der Waals surface area contributed by atoms with Gasteiger partial charge in [-0.15, -0.1) is 5.10 Å². The fourth-order valence-electron chi connectivity index (χ4n) is 2.64. The SMILES string of the molecule is NC(=O)c1nnn(CC2C=CC(Cl)(C(=O)c3ccc(Cl)cc3)C(Cl)=C2)c1N. The van der Waals surface area contributed by atoms with Crippen molar-refractivity contribution in [2.45, 2.75) is 11.4 Å². The van der Waals surface area contributed by atoms with Gasteiger partial charge in [-0.25, -0.2) is 4.68 Å². The minimum absolute atomic E-state index is 0.0559. The van der Waals surface area contributed by atoms with Gasteiger partial charge in [0, 0.05) is 21.5 Å². The largest absolute Gasteiger partial charge is 0.382 e. The summed E-state index contributed by atoms with van der Waals surface area (Å²) in [6.07, 6.45) is 4.88. The van der Waals surface area contributed by atoms with Crippen molar-refractivity contribution < 1.29 is 9.59 Å². The molecule has 27 heavy (non-hydrogen) atoms. The van der Waals surface area contributed by atoms with Gasteiger partial charge >= 0.3 is 0 Å². The zero-order valence-corrected chi connectivity index (χ0v) is 16.0. The van der Waals surface area contributed by atoms with Crippen LogP contribution in [-0.2, 0) is 6.54 Å². The second-order valence-electron chi connectivity index (χ2n) is 5.96. The second-order valence-corrected chi connectivity index (χ2v) is 7.39. The normalized spacial score (nSPS) is 21.7. The Morgan fingerprint density at radius 3 is 2.44 bits per heavy atom. The van der Waals surface area contributed by atoms with E-state index in [0.29, 0.717) is 10.6 Å². The Morgan fingerprint density at radius 1 is 1.22 bits per heavy atom. The highest BCUT2D eigenvalue weighted by molar-refractivity contribution is 6.49. The fourth-order valence-corrected chi connectivity index (χ4v) is 3.32. The summed E-state index contributed by atoms with van der Waals surface area (Å²) in [5.74, 6) is -1.33. The van der Waals surface area contributed by atoms with Crippen LogP contribution in [0.2, 0.25) is 5.02 Å². The number of amides is 1. The van der Waals surface area contributed by atoms with E-state index in [-0.39, 0.29) is 34.8 Å². The maximum absolute atomic E-state index is 12.8. The Labute approximate surface area is 169 Å². The average Bonchev–Trinajstić information content (AvgIpc) is 2.99. The molecule has 0 fully saturated rings. The molecule has 1 aliphatic carbocycles. The van der Waals surface area contributed by atoms with Crippen molar-refractivity contribution in [2.75, 3.05) is 5.73 Å². The molecule has 10 heteroatoms. The van der Waals surface area contributed by atoms with Crippen molar-refractivity contribution in [3.8, 4) is 0 Å². The number of alkyl halides is 1. The highest BCUT2D eigenvalue weighted by Gasteiger charge is 2.40. The summed E-state index contributed by atoms with van der Waals surface area (Å²) >= 11 is 18.7. The van der Waals surface area contributed by atoms with Crippen LogP contribution in [-0.4, -0.2) is 31.6 Å². The number of anilines is 1. The second kappa shape index (κ2) is 7.34. The van der Waals surface area contributed by atoms with E-state index in [1.165, 1.54) is 10.8 Å². The summed E-state index contributed by atoms with van der Waals surface area (Å²) in [5.41, 5.74) is 11.3. The number of carbonyl (C=O) groups is 2. The van der Waals surface area contributed by atoms with Crippen LogP contribution in [0.5, 0.6) is 0 Å². The van der Waals surface area contributed by atoms with E-state index in [0.717, 1.165) is 0 Å². The molecule has 1 aromatic carbocycles. The van der Waals surface area contributed by atoms with Crippen LogP contribution >= 0.6 is 34.8 Å². The third-order valence-corrected chi connectivity index (χ3v) is 5.38. The first-order valence-corrected chi connectivity index (χ1v) is 8.91. The number of nitrogen functional groups attached to an aromatic ring is 1. The van der Waals surface area contributed by atoms with Crippen molar-refractivity contribution in [3.05, 3.63) is 63.8 Å². The van der Waals surface area contributed by atoms with Crippen molar-refractivity contribution in [1.29, 1.82) is 0 Å². The summed E-state index contributed by atoms with van der Waals surface area (Å²) in [5, 5.41) is 8.12. The number of halogens is 3. The lowest BCUT2D eigenvalue weighted by Crippen LogP contribution is -2.33. The topological polar surface area (TPSA) is 117 Å². The lowest BCUT2D eigenvalue weighted by Gasteiger charge is -2.27. The van der Waals surface area contributed by atoms with E-state index in [2.05, 4.69) is 10.3 Å². The first-order valence-electron chi connectivity index (χ1n) is 7.77. The molecule has 4 N–H and O–H groups in total. The average molecular weight is 427 g/mol. The first-order chi connectivity index (χ1) is 12.7. The highest BCUT2D eigenvalue weighted by atomic mass is 35.5. The maximum atomic E-state index is 12.8. The molecule has 2 unspecified atom stereocenters. The molecule has 1 aliphatic rings. The number of benzene rings is 1. The molecule has 0 saturated carbocycles. The number of hydrogen-bond acceptors (Lipinski definition) is 5. The highest BCUT2D eigenvalue weighted by Crippen LogP contribution is 2.38. The van der Waals surface area contributed by atoms with E-state index in [1.807, 2.05) is 0 Å². The number of allylic oxidation sites excluding steroid dienone is 4. The number of nitrogens with two attached hydrogens (primary N) is 2. The predicted molar refractivity (Wildman–Crippen MR) is 104 cm³/mol. The number of rotatable bonds is 5. The molecule has 1 heterocycles. The van der Waals surface area contributed by atoms with Gasteiger partial charge in [-0.1, -0.05) is 58.2 Å². The van der Waals surface area contributed by atoms with Gasteiger partial charge in [0.25, 0.3) is 5.91 Å². The molecule has 140 valence electrons. The number of carbonyl (C=O) groups excluding carboxylic acids is 2. The molecular formula is C17H14Cl3N5O2. The van der Waals surface area contributed by atoms with Crippen LogP contribution in [0.1, 0.15) is 20.8 Å². The van der Waals surface area contributed by atoms with Crippen LogP contribution in [0, 0.1) is 5.92 Å². The van der Waals surface area contributed by atoms with Crippen molar-refractivity contribution >= 4 is 52.3 Å². The molecule has 0 saturated heterocycles. The summed E-state index contributed by atoms with van der Waals surface area (Å²) in [7, 11) is 0. The standard InChI is InChI=1S/C17H14Cl3N5O2/c18-11-3-1-10(2-4-11)14(26)17(20)6-5-9(7-12(17)19)8-25-15(21)13(16(22)27)23-24-25/h1-7,9H,8,21H2,(H2,22,27). The Balaban J connectivity index is 1.81. The summed E-state index contributed by atoms with van der Waals surface area (Å²) < 4.78 is 1.33. The third kappa shape index (κ3) is 3.71. The third-order valence-electron chi connectivity index (χ3n) is 4.11. The molecule has 2 atom stereocenters. The quantitative estimate of drug-likeness (QED) is 0.433. The van der Waals surface area contributed by atoms with E-state index in [4.69, 9.17) is 46.3 Å². The number of ketones is 1. The van der Waals surface area contributed by atoms with Gasteiger partial charge < -0.3 is 11.5 Å². The number of Topliss-reactive ketones (excluding diaryl/α,β-unsaturated/α-hetero) is 1. The van der Waals surface area contributed by atoms with Crippen LogP contribution in [0.25, 0.3) is 0 Å². The Kier molecular flexibility index (Phi) is 5.28. The van der Waals surface area contributed by atoms with Crippen LogP contribution in [0.3, 0.4) is 0 Å². The zero-order valence-electron chi connectivity index (χ0n) is 13.8. The van der Waals surface area contributed by atoms with Gasteiger partial charge in [-0.3, -0.25) is 9.59 Å². The monoisotopic (exact) mass is 425 g/mol. The van der Waals surface area contributed by atoms with Crippen molar-refractivity contribution in [2.24, 2.45) is 11.7 Å². The van der Waals surface area contributed by atoms with E-state index >= 15 is 0 Å². The number of aromatic nitrogens is 3. The fraction of sp³-hybridized carbons (Fsp3) is 0.176. The smallest absolute Gasteiger partial charge is 0.273 e. The minimum Gasteiger partial charge on any atom is -0.382 e. The molecular weight excluding hydrogens is 413 g/mol. The molecule has 0 bridgehead atoms. The Bertz CT molecular complexity index is 967. The Morgan fingerprint density at radius 2 is 1.89 bits per heavy atom. The van der Waals surface area contributed by atoms with Gasteiger partial charge in [0.05, 0.1) is 6.54 Å². The summed E-state index contributed by atoms with van der Waals surface area (Å²) in [6.45, 7) is 0.251. The van der Waals surface area contributed by atoms with E-state index < -0.39 is 10.8 Å². The van der Waals surface area contributed by atoms with E-state index in [9.17, 15) is 9.59 Å². The predicted octanol–water partition coefficient (Wildman–Crippen LogP) is 2.78. The molecule has 3 rings (SSSR count). The van der Waals surface area contributed by atoms with Crippen molar-refractivity contribution in [1.82, 2.24) is 15.0 Å². The van der Waals surface area contributed by atoms with Crippen molar-refractivity contribution in [3.63, 3.8) is 0 Å². The zero-order chi connectivity index (χ0) is 19.8. The van der Waals surface area contributed by atoms with Gasteiger partial charge in [0.15, 0.2) is 22.2 Å². The Hall–Kier alpha value is -2.35. The van der Waals surface area contributed by atoms with Crippen LogP contribution < -0.4 is 11.5 Å². The summed E-state index contributed by atoms with van der Waals surface area (Å²) in [6, 6.07) is 6.37. The lowest BCUT2D eigenvalue weighted by molar-refractivity contribution is 0.0971. The van der Waals surface area contributed by atoms with E-state index in [1.54, 1.807) is 36.4 Å². The molecule has 1 aromatic heterocycles. The van der Waals surface area contributed by atoms with Gasteiger partial charge in [0.1, 0.15) is 0 Å². The number of hydrogen-bond donors (Lipinski definition) is 2. The van der Waals surface area contributed by atoms with Crippen LogP contribution in [0.4, 0.5) is 5.82 Å². The molecule has 0 spiro atoms. The van der Waals surface area contributed by atoms with Crippen LogP contribution in [0.15, 0.2) is 47.5 Å². The number of nitrogens with zero attached hydrogens (tertiary/aromatic N) is 3. The van der Waals surface area contributed by atoms with Gasteiger partial charge in [0.2, 0.25) is 0 Å². The lowest BCUT2D eigenvalue weighted by atomic mass is 9.89. The van der Waals surface area contributed by atoms with Gasteiger partial charge in [-0.2, -0.15) is 0 Å². The molecule has 2 aromatic rings.